The summed E-state index contributed by atoms with van der Waals surface area (Å²) in [4.78, 5) is 24.8. The molecule has 2 aromatic carbocycles. The molecule has 2 aromatic rings. The second-order valence-corrected chi connectivity index (χ2v) is 5.73. The van der Waals surface area contributed by atoms with E-state index in [0.717, 1.165) is 12.8 Å². The molecule has 26 heavy (non-hydrogen) atoms. The minimum Gasteiger partial charge on any atom is -0.490 e. The van der Waals surface area contributed by atoms with Crippen LogP contribution >= 0.6 is 0 Å². The van der Waals surface area contributed by atoms with Gasteiger partial charge >= 0.3 is 0 Å². The van der Waals surface area contributed by atoms with Crippen LogP contribution in [0.2, 0.25) is 0 Å². The van der Waals surface area contributed by atoms with E-state index >= 15 is 0 Å². The largest absolute Gasteiger partial charge is 0.490 e. The Morgan fingerprint density at radius 1 is 1.08 bits per heavy atom. The summed E-state index contributed by atoms with van der Waals surface area (Å²) in [6.45, 7) is 6.68. The van der Waals surface area contributed by atoms with Crippen molar-refractivity contribution in [2.45, 2.75) is 19.8 Å². The Kier molecular flexibility index (Phi) is 7.43. The Balaban J connectivity index is 2.06. The summed E-state index contributed by atoms with van der Waals surface area (Å²) in [5.41, 5.74) is 1.42. The van der Waals surface area contributed by atoms with E-state index in [1.165, 1.54) is 0 Å². The first-order valence-corrected chi connectivity index (χ1v) is 8.68. The molecule has 136 valence electrons. The molecule has 0 atom stereocenters. The molecule has 0 unspecified atom stereocenters. The smallest absolute Gasteiger partial charge is 0.255 e. The number of hydrogen-bond donors (Lipinski definition) is 2. The molecule has 0 aliphatic rings. The van der Waals surface area contributed by atoms with Gasteiger partial charge in [0.15, 0.2) is 0 Å². The fourth-order valence-electron chi connectivity index (χ4n) is 2.32. The summed E-state index contributed by atoms with van der Waals surface area (Å²) in [7, 11) is 0. The number of para-hydroxylation sites is 1. The number of nitrogens with one attached hydrogen (secondary N) is 2. The van der Waals surface area contributed by atoms with E-state index in [4.69, 9.17) is 4.74 Å². The second-order valence-electron chi connectivity index (χ2n) is 5.73. The first-order chi connectivity index (χ1) is 12.7. The number of carbonyl (C=O) groups excluding carboxylic acids is 2. The van der Waals surface area contributed by atoms with Crippen LogP contribution in [0.5, 0.6) is 5.75 Å². The van der Waals surface area contributed by atoms with Crippen molar-refractivity contribution in [2.75, 3.05) is 18.5 Å². The van der Waals surface area contributed by atoms with Gasteiger partial charge in [-0.3, -0.25) is 9.59 Å². The quantitative estimate of drug-likeness (QED) is 0.529. The predicted octanol–water partition coefficient (Wildman–Crippen LogP) is 4.03. The average molecular weight is 352 g/mol. The Bertz CT molecular complexity index is 754. The molecule has 2 amide bonds. The van der Waals surface area contributed by atoms with Crippen molar-refractivity contribution < 1.29 is 14.3 Å². The third-order valence-corrected chi connectivity index (χ3v) is 3.72. The molecule has 0 saturated carbocycles. The molecule has 5 nitrogen and oxygen atoms in total. The monoisotopic (exact) mass is 352 g/mol. The van der Waals surface area contributed by atoms with Gasteiger partial charge in [-0.2, -0.15) is 0 Å². The van der Waals surface area contributed by atoms with Gasteiger partial charge in [0.05, 0.1) is 11.3 Å². The molecular formula is C21H24N2O3. The van der Waals surface area contributed by atoms with Crippen LogP contribution in [0.25, 0.3) is 0 Å². The van der Waals surface area contributed by atoms with Gasteiger partial charge in [0.2, 0.25) is 0 Å². The summed E-state index contributed by atoms with van der Waals surface area (Å²) in [6, 6.07) is 13.8. The zero-order chi connectivity index (χ0) is 18.8. The van der Waals surface area contributed by atoms with E-state index in [0.29, 0.717) is 35.7 Å². The van der Waals surface area contributed by atoms with Crippen molar-refractivity contribution in [3.8, 4) is 5.75 Å². The van der Waals surface area contributed by atoms with Crippen LogP contribution in [0.3, 0.4) is 0 Å². The standard InChI is InChI=1S/C21H24N2O3/c1-3-5-14-22-21(25)18-8-6-7-9-19(18)23-20(24)16-10-12-17(13-11-16)26-15-4-2/h4,6-13H,2-3,5,14-15H2,1H3,(H,22,25)(H,23,24). The molecule has 0 fully saturated rings. The number of rotatable bonds is 9. The van der Waals surface area contributed by atoms with Gasteiger partial charge in [-0.15, -0.1) is 0 Å². The number of benzene rings is 2. The Labute approximate surface area is 154 Å². The van der Waals surface area contributed by atoms with Crippen LogP contribution in [0, 0.1) is 0 Å². The zero-order valence-corrected chi connectivity index (χ0v) is 15.0. The molecule has 0 spiro atoms. The molecule has 0 aromatic heterocycles. The maximum Gasteiger partial charge on any atom is 0.255 e. The molecule has 0 radical (unpaired) electrons. The summed E-state index contributed by atoms with van der Waals surface area (Å²) >= 11 is 0. The van der Waals surface area contributed by atoms with Crippen LogP contribution in [0.15, 0.2) is 61.2 Å². The molecule has 0 saturated heterocycles. The number of ether oxygens (including phenoxy) is 1. The maximum atomic E-state index is 12.5. The lowest BCUT2D eigenvalue weighted by Gasteiger charge is -2.11. The van der Waals surface area contributed by atoms with E-state index in [2.05, 4.69) is 24.1 Å². The number of carbonyl (C=O) groups is 2. The fourth-order valence-corrected chi connectivity index (χ4v) is 2.32. The Morgan fingerprint density at radius 3 is 2.50 bits per heavy atom. The highest BCUT2D eigenvalue weighted by molar-refractivity contribution is 6.09. The first kappa shape index (κ1) is 19.2. The fraction of sp³-hybridized carbons (Fsp3) is 0.238. The molecule has 5 heteroatoms. The summed E-state index contributed by atoms with van der Waals surface area (Å²) in [5.74, 6) is 0.189. The van der Waals surface area contributed by atoms with Crippen molar-refractivity contribution in [3.63, 3.8) is 0 Å². The third-order valence-electron chi connectivity index (χ3n) is 3.72. The highest BCUT2D eigenvalue weighted by atomic mass is 16.5. The van der Waals surface area contributed by atoms with E-state index < -0.39 is 0 Å². The summed E-state index contributed by atoms with van der Waals surface area (Å²) in [5, 5.41) is 5.67. The van der Waals surface area contributed by atoms with Crippen molar-refractivity contribution in [3.05, 3.63) is 72.3 Å². The van der Waals surface area contributed by atoms with Crippen LogP contribution < -0.4 is 15.4 Å². The molecule has 2 rings (SSSR count). The SMILES string of the molecule is C=CCOc1ccc(C(=O)Nc2ccccc2C(=O)NCCCC)cc1. The summed E-state index contributed by atoms with van der Waals surface area (Å²) in [6.07, 6.45) is 3.58. The van der Waals surface area contributed by atoms with Crippen molar-refractivity contribution in [1.29, 1.82) is 0 Å². The van der Waals surface area contributed by atoms with Gasteiger partial charge < -0.3 is 15.4 Å². The molecule has 0 heterocycles. The number of amides is 2. The van der Waals surface area contributed by atoms with Gasteiger partial charge in [0, 0.05) is 12.1 Å². The van der Waals surface area contributed by atoms with Crippen LogP contribution in [0.1, 0.15) is 40.5 Å². The maximum absolute atomic E-state index is 12.5. The molecule has 0 bridgehead atoms. The van der Waals surface area contributed by atoms with Gasteiger partial charge in [-0.1, -0.05) is 38.1 Å². The van der Waals surface area contributed by atoms with E-state index in [-0.39, 0.29) is 11.8 Å². The average Bonchev–Trinajstić information content (AvgIpc) is 2.67. The predicted molar refractivity (Wildman–Crippen MR) is 104 cm³/mol. The van der Waals surface area contributed by atoms with Crippen LogP contribution in [-0.2, 0) is 0 Å². The zero-order valence-electron chi connectivity index (χ0n) is 15.0. The minimum atomic E-state index is -0.283. The lowest BCUT2D eigenvalue weighted by molar-refractivity contribution is 0.0954. The minimum absolute atomic E-state index is 0.192. The number of hydrogen-bond acceptors (Lipinski definition) is 3. The van der Waals surface area contributed by atoms with E-state index in [1.807, 2.05) is 0 Å². The topological polar surface area (TPSA) is 67.4 Å². The number of anilines is 1. The third kappa shape index (κ3) is 5.48. The first-order valence-electron chi connectivity index (χ1n) is 8.68. The highest BCUT2D eigenvalue weighted by Crippen LogP contribution is 2.18. The molecule has 0 aliphatic heterocycles. The van der Waals surface area contributed by atoms with Gasteiger partial charge in [0.1, 0.15) is 12.4 Å². The van der Waals surface area contributed by atoms with Crippen molar-refractivity contribution >= 4 is 17.5 Å². The van der Waals surface area contributed by atoms with Gasteiger partial charge in [-0.05, 0) is 42.8 Å². The summed E-state index contributed by atoms with van der Waals surface area (Å²) < 4.78 is 5.40. The normalized spacial score (nSPS) is 10.0. The molecular weight excluding hydrogens is 328 g/mol. The van der Waals surface area contributed by atoms with Gasteiger partial charge in [-0.25, -0.2) is 0 Å². The van der Waals surface area contributed by atoms with Crippen molar-refractivity contribution in [1.82, 2.24) is 5.32 Å². The van der Waals surface area contributed by atoms with Crippen LogP contribution in [0.4, 0.5) is 5.69 Å². The number of unbranched alkanes of at least 4 members (excludes halogenated alkanes) is 1. The lowest BCUT2D eigenvalue weighted by Crippen LogP contribution is -2.26. The Hall–Kier alpha value is -3.08. The second kappa shape index (κ2) is 10.0. The van der Waals surface area contributed by atoms with E-state index in [9.17, 15) is 9.59 Å². The highest BCUT2D eigenvalue weighted by Gasteiger charge is 2.13. The molecule has 0 aliphatic carbocycles. The Morgan fingerprint density at radius 2 is 1.81 bits per heavy atom. The molecule has 2 N–H and O–H groups in total. The van der Waals surface area contributed by atoms with E-state index in [1.54, 1.807) is 54.6 Å². The van der Waals surface area contributed by atoms with Crippen LogP contribution in [-0.4, -0.2) is 25.0 Å². The van der Waals surface area contributed by atoms with Gasteiger partial charge in [0.25, 0.3) is 11.8 Å². The van der Waals surface area contributed by atoms with Crippen molar-refractivity contribution in [2.24, 2.45) is 0 Å². The lowest BCUT2D eigenvalue weighted by atomic mass is 10.1.